The van der Waals surface area contributed by atoms with Crippen molar-refractivity contribution in [3.8, 4) is 11.6 Å². The first kappa shape index (κ1) is 46.5. The Balaban J connectivity index is 0.843. The van der Waals surface area contributed by atoms with Crippen LogP contribution in [0.2, 0.25) is 0 Å². The maximum Gasteiger partial charge on any atom is 0.297 e. The number of sulfone groups is 1. The van der Waals surface area contributed by atoms with E-state index in [9.17, 15) is 14.9 Å². The number of H-pyrrole nitrogens is 1. The van der Waals surface area contributed by atoms with Gasteiger partial charge in [0.15, 0.2) is 11.4 Å². The standard InChI is InChI=1S/C55H63N9O9S/c56-52(65)42-9-10-44(60-17-13-55(14-18-60)24-37(25-55)62-16-3-6-43(62)41-5-2-1-4-40(41)32-7-8-32)51(50(42)63-26-34-29-70-19-12-47(34)73-54-46(63)20-33-11-15-57-53(33)59-54)74(68,69)39-22-45(64(66)67)49-48(23-39)72-30-35(58-49)27-61-28-38-21-36(61)31-71-38/h1-2,4-5,9-11,15,20,22-23,32,34-38,43,47,58H,3,6-8,12-14,16-19,21,24-31H2,(H2,56,65)(H,57,59)/t34-,35+,36-,38-,43+,47-/m1/s1. The summed E-state index contributed by atoms with van der Waals surface area (Å²) in [5.74, 6) is -0.0360. The summed E-state index contributed by atoms with van der Waals surface area (Å²) in [5, 5.41) is 17.2. The predicted molar refractivity (Wildman–Crippen MR) is 277 cm³/mol. The zero-order chi connectivity index (χ0) is 50.0. The number of benzene rings is 3. The van der Waals surface area contributed by atoms with Crippen molar-refractivity contribution >= 4 is 55.2 Å². The van der Waals surface area contributed by atoms with E-state index >= 15 is 8.42 Å². The Morgan fingerprint density at radius 1 is 0.932 bits per heavy atom. The van der Waals surface area contributed by atoms with E-state index in [1.807, 2.05) is 17.0 Å². The van der Waals surface area contributed by atoms with Gasteiger partial charge in [-0.3, -0.25) is 24.7 Å². The number of fused-ring (bicyclic) bond motifs is 6. The van der Waals surface area contributed by atoms with E-state index in [1.54, 1.807) is 18.3 Å². The maximum atomic E-state index is 16.2. The number of piperidine rings is 1. The largest absolute Gasteiger partial charge is 0.489 e. The summed E-state index contributed by atoms with van der Waals surface area (Å²) in [4.78, 5) is 43.2. The summed E-state index contributed by atoms with van der Waals surface area (Å²) in [7, 11) is -4.77. The molecular formula is C55H63N9O9S. The summed E-state index contributed by atoms with van der Waals surface area (Å²) in [6, 6.07) is 19.7. The molecule has 0 radical (unpaired) electrons. The number of aromatic nitrogens is 2. The molecule has 1 spiro atoms. The lowest BCUT2D eigenvalue weighted by Gasteiger charge is -2.56. The zero-order valence-corrected chi connectivity index (χ0v) is 42.3. The van der Waals surface area contributed by atoms with Gasteiger partial charge in [-0.2, -0.15) is 4.98 Å². The van der Waals surface area contributed by atoms with Crippen LogP contribution in [0.3, 0.4) is 0 Å². The highest BCUT2D eigenvalue weighted by Gasteiger charge is 2.51. The predicted octanol–water partition coefficient (Wildman–Crippen LogP) is 7.45. The van der Waals surface area contributed by atoms with Gasteiger partial charge < -0.3 is 44.8 Å². The molecule has 5 saturated heterocycles. The Hall–Kier alpha value is -5.99. The molecule has 1 amide bonds. The molecule has 7 fully saturated rings. The van der Waals surface area contributed by atoms with Crippen LogP contribution >= 0.6 is 0 Å². The highest BCUT2D eigenvalue weighted by atomic mass is 32.2. The molecule has 3 aromatic carbocycles. The fourth-order valence-electron chi connectivity index (χ4n) is 14.3. The highest BCUT2D eigenvalue weighted by Crippen LogP contribution is 2.57. The number of nitro benzene ring substituents is 1. The van der Waals surface area contributed by atoms with E-state index in [4.69, 9.17) is 29.7 Å². The minimum Gasteiger partial charge on any atom is -0.489 e. The van der Waals surface area contributed by atoms with Crippen molar-refractivity contribution in [2.24, 2.45) is 17.1 Å². The van der Waals surface area contributed by atoms with Crippen molar-refractivity contribution in [2.75, 3.05) is 80.8 Å². The Bertz CT molecular complexity index is 3190. The van der Waals surface area contributed by atoms with Crippen molar-refractivity contribution in [3.05, 3.63) is 93.7 Å². The van der Waals surface area contributed by atoms with E-state index in [-0.39, 0.29) is 87.1 Å². The molecule has 2 bridgehead atoms. The molecular weight excluding hydrogens is 963 g/mol. The number of carbonyl (C=O) groups excluding carboxylic acids is 1. The first-order valence-corrected chi connectivity index (χ1v) is 28.3. The van der Waals surface area contributed by atoms with Crippen molar-refractivity contribution in [1.29, 1.82) is 0 Å². The normalized spacial score (nSPS) is 27.7. The van der Waals surface area contributed by atoms with E-state index < -0.39 is 26.4 Å². The lowest BCUT2D eigenvalue weighted by molar-refractivity contribution is -0.384. The molecule has 388 valence electrons. The van der Waals surface area contributed by atoms with Crippen LogP contribution < -0.4 is 30.3 Å². The van der Waals surface area contributed by atoms with E-state index in [2.05, 4.69) is 49.3 Å². The Labute approximate surface area is 429 Å². The molecule has 2 aliphatic carbocycles. The number of pyridine rings is 1. The molecule has 74 heavy (non-hydrogen) atoms. The van der Waals surface area contributed by atoms with Gasteiger partial charge in [-0.15, -0.1) is 0 Å². The molecule has 18 nitrogen and oxygen atoms in total. The number of nitro groups is 1. The van der Waals surface area contributed by atoms with Gasteiger partial charge in [0.1, 0.15) is 28.9 Å². The first-order valence-electron chi connectivity index (χ1n) is 26.9. The van der Waals surface area contributed by atoms with E-state index in [1.165, 1.54) is 42.9 Å². The molecule has 6 atom stereocenters. The average molecular weight is 1030 g/mol. The number of likely N-dealkylation sites (tertiary alicyclic amines) is 2. The smallest absolute Gasteiger partial charge is 0.297 e. The number of nitrogens with zero attached hydrogens (tertiary/aromatic N) is 6. The van der Waals surface area contributed by atoms with Crippen LogP contribution in [0.15, 0.2) is 76.7 Å². The van der Waals surface area contributed by atoms with Gasteiger partial charge in [0, 0.05) is 86.9 Å². The van der Waals surface area contributed by atoms with E-state index in [0.717, 1.165) is 56.6 Å². The number of amides is 1. The van der Waals surface area contributed by atoms with Gasteiger partial charge >= 0.3 is 0 Å². The number of hydrogen-bond donors (Lipinski definition) is 3. The third kappa shape index (κ3) is 7.89. The van der Waals surface area contributed by atoms with Crippen LogP contribution in [0.25, 0.3) is 11.0 Å². The number of primary amides is 1. The average Bonchev–Trinajstić information content (AvgIpc) is 3.65. The second-order valence-electron chi connectivity index (χ2n) is 22.7. The number of nitrogens with two attached hydrogens (primary N) is 1. The third-order valence-corrected chi connectivity index (χ3v) is 20.0. The van der Waals surface area contributed by atoms with Gasteiger partial charge in [0.25, 0.3) is 11.6 Å². The molecule has 5 aromatic rings. The first-order chi connectivity index (χ1) is 36.0. The fraction of sp³-hybridized carbons (Fsp3) is 0.527. The third-order valence-electron chi connectivity index (χ3n) is 18.2. The minimum atomic E-state index is -4.77. The second-order valence-corrected chi connectivity index (χ2v) is 24.6. The van der Waals surface area contributed by atoms with Crippen molar-refractivity contribution in [1.82, 2.24) is 19.8 Å². The molecule has 2 aromatic heterocycles. The summed E-state index contributed by atoms with van der Waals surface area (Å²) >= 11 is 0. The van der Waals surface area contributed by atoms with Gasteiger partial charge in [-0.05, 0) is 111 Å². The van der Waals surface area contributed by atoms with Crippen LogP contribution in [-0.2, 0) is 19.3 Å². The lowest BCUT2D eigenvalue weighted by atomic mass is 9.59. The zero-order valence-electron chi connectivity index (χ0n) is 41.5. The van der Waals surface area contributed by atoms with Crippen LogP contribution in [-0.4, -0.2) is 135 Å². The van der Waals surface area contributed by atoms with Gasteiger partial charge in [-0.1, -0.05) is 24.3 Å². The molecule has 9 aliphatic rings. The van der Waals surface area contributed by atoms with Gasteiger partial charge in [0.05, 0.1) is 58.7 Å². The van der Waals surface area contributed by atoms with E-state index in [0.29, 0.717) is 80.9 Å². The molecule has 9 heterocycles. The number of hydrogen-bond acceptors (Lipinski definition) is 15. The summed E-state index contributed by atoms with van der Waals surface area (Å²) in [6.45, 7) is 5.48. The van der Waals surface area contributed by atoms with Crippen LogP contribution in [0.4, 0.5) is 28.4 Å². The molecule has 2 saturated carbocycles. The summed E-state index contributed by atoms with van der Waals surface area (Å²) < 4.78 is 57.3. The van der Waals surface area contributed by atoms with Crippen LogP contribution in [0.1, 0.15) is 97.7 Å². The number of morpholine rings is 1. The topological polar surface area (TPSA) is 211 Å². The monoisotopic (exact) mass is 1030 g/mol. The molecule has 4 N–H and O–H groups in total. The quantitative estimate of drug-likeness (QED) is 0.0867. The Kier molecular flexibility index (Phi) is 11.2. The number of ether oxygens (including phenoxy) is 4. The summed E-state index contributed by atoms with van der Waals surface area (Å²) in [6.07, 6.45) is 12.0. The van der Waals surface area contributed by atoms with Gasteiger partial charge in [0.2, 0.25) is 15.7 Å². The number of anilines is 4. The lowest BCUT2D eigenvalue weighted by Crippen LogP contribution is -2.55. The number of rotatable bonds is 11. The summed E-state index contributed by atoms with van der Waals surface area (Å²) in [5.41, 5.74) is 10.7. The molecule has 19 heteroatoms. The Morgan fingerprint density at radius 3 is 2.54 bits per heavy atom. The second kappa shape index (κ2) is 17.8. The number of carbonyl (C=O) groups is 1. The van der Waals surface area contributed by atoms with Crippen molar-refractivity contribution < 1.29 is 37.1 Å². The molecule has 0 unspecified atom stereocenters. The highest BCUT2D eigenvalue weighted by molar-refractivity contribution is 7.91. The van der Waals surface area contributed by atoms with Crippen molar-refractivity contribution in [2.45, 2.75) is 116 Å². The SMILES string of the molecule is NC(=O)c1ccc(N2CCC3(CC2)CC(N2CCC[C@H]2c2ccccc2C2CC2)C3)c(S(=O)(=O)c2cc3c(c([N+](=O)[O-])c2)N[C@@H](CN2C[C@H]4C[C@@H]2CO4)CO3)c1N1C[C@@H]2COCC[C@H]2Oc2nc3[nH]ccc3cc21. The van der Waals surface area contributed by atoms with Gasteiger partial charge in [-0.25, -0.2) is 8.42 Å². The fourth-order valence-corrected chi connectivity index (χ4v) is 16.0. The Morgan fingerprint density at radius 2 is 1.77 bits per heavy atom. The van der Waals surface area contributed by atoms with Crippen molar-refractivity contribution in [3.63, 3.8) is 0 Å². The molecule has 14 rings (SSSR count). The minimum absolute atomic E-state index is 0.0180. The van der Waals surface area contributed by atoms with Crippen LogP contribution in [0, 0.1) is 21.4 Å². The van der Waals surface area contributed by atoms with Crippen LogP contribution in [0.5, 0.6) is 11.6 Å². The number of aromatic amines is 1. The number of nitrogens with one attached hydrogen (secondary N) is 2. The maximum absolute atomic E-state index is 16.2. The molecule has 7 aliphatic heterocycles.